The quantitative estimate of drug-likeness (QED) is 0.665. The first-order chi connectivity index (χ1) is 14.3. The zero-order valence-electron chi connectivity index (χ0n) is 17.1. The van der Waals surface area contributed by atoms with Crippen LogP contribution in [0.4, 0.5) is 4.39 Å². The molecule has 3 rings (SSSR count). The lowest BCUT2D eigenvalue weighted by Gasteiger charge is -2.34. The monoisotopic (exact) mass is 435 g/mol. The van der Waals surface area contributed by atoms with E-state index in [-0.39, 0.29) is 16.4 Å². The summed E-state index contributed by atoms with van der Waals surface area (Å²) in [5, 5.41) is 0. The van der Waals surface area contributed by atoms with Crippen molar-refractivity contribution in [3.63, 3.8) is 0 Å². The Balaban J connectivity index is 1.44. The molecule has 1 fully saturated rings. The van der Waals surface area contributed by atoms with Crippen LogP contribution in [0.2, 0.25) is 0 Å². The van der Waals surface area contributed by atoms with Gasteiger partial charge in [-0.2, -0.15) is 0 Å². The highest BCUT2D eigenvalue weighted by atomic mass is 32.2. The summed E-state index contributed by atoms with van der Waals surface area (Å²) < 4.78 is 44.9. The van der Waals surface area contributed by atoms with Crippen LogP contribution < -0.4 is 4.74 Å². The smallest absolute Gasteiger partial charge is 0.256 e. The van der Waals surface area contributed by atoms with Gasteiger partial charge in [-0.1, -0.05) is 12.1 Å². The summed E-state index contributed by atoms with van der Waals surface area (Å²) in [4.78, 5) is 16.5. The van der Waals surface area contributed by atoms with Crippen molar-refractivity contribution in [2.45, 2.75) is 4.90 Å². The molecule has 0 spiro atoms. The van der Waals surface area contributed by atoms with Crippen molar-refractivity contribution in [3.8, 4) is 5.75 Å². The number of nitrogens with zero attached hydrogens (tertiary/aromatic N) is 3. The van der Waals surface area contributed by atoms with Crippen LogP contribution in [0.3, 0.4) is 0 Å². The van der Waals surface area contributed by atoms with E-state index in [9.17, 15) is 17.6 Å². The summed E-state index contributed by atoms with van der Waals surface area (Å²) in [5.74, 6) is -0.180. The molecule has 0 saturated carbocycles. The average molecular weight is 436 g/mol. The Kier molecular flexibility index (Phi) is 7.06. The lowest BCUT2D eigenvalue weighted by Crippen LogP contribution is -2.49. The van der Waals surface area contributed by atoms with Crippen molar-refractivity contribution in [1.29, 1.82) is 0 Å². The van der Waals surface area contributed by atoms with Gasteiger partial charge in [0.25, 0.3) is 5.91 Å². The topological polar surface area (TPSA) is 70.2 Å². The van der Waals surface area contributed by atoms with Crippen LogP contribution in [0.1, 0.15) is 10.4 Å². The highest BCUT2D eigenvalue weighted by Gasteiger charge is 2.23. The van der Waals surface area contributed by atoms with Crippen LogP contribution >= 0.6 is 0 Å². The number of benzene rings is 2. The Morgan fingerprint density at radius 2 is 1.67 bits per heavy atom. The number of rotatable bonds is 7. The molecule has 1 amide bonds. The second-order valence-electron chi connectivity index (χ2n) is 7.22. The van der Waals surface area contributed by atoms with E-state index < -0.39 is 15.8 Å². The maximum absolute atomic E-state index is 13.8. The highest BCUT2D eigenvalue weighted by Crippen LogP contribution is 2.18. The molecule has 1 aliphatic heterocycles. The lowest BCUT2D eigenvalue weighted by molar-refractivity contribution is 0.0616. The lowest BCUT2D eigenvalue weighted by atomic mass is 10.1. The molecule has 1 saturated heterocycles. The highest BCUT2D eigenvalue weighted by molar-refractivity contribution is 7.89. The van der Waals surface area contributed by atoms with E-state index in [1.165, 1.54) is 42.7 Å². The number of halogens is 1. The van der Waals surface area contributed by atoms with E-state index in [0.29, 0.717) is 45.1 Å². The van der Waals surface area contributed by atoms with Gasteiger partial charge in [0, 0.05) is 46.8 Å². The summed E-state index contributed by atoms with van der Waals surface area (Å²) in [6.45, 7) is 3.56. The van der Waals surface area contributed by atoms with Gasteiger partial charge in [-0.05, 0) is 36.4 Å². The van der Waals surface area contributed by atoms with E-state index in [2.05, 4.69) is 4.90 Å². The minimum atomic E-state index is -3.45. The minimum Gasteiger partial charge on any atom is -0.492 e. The van der Waals surface area contributed by atoms with Crippen LogP contribution in [0, 0.1) is 5.82 Å². The standard InChI is InChI=1S/C21H26FN3O4S/c1-23(2)30(27,28)18-9-7-17(8-10-18)29-16-15-24-11-13-25(14-12-24)21(26)19-5-3-4-6-20(19)22/h3-10H,11-16H2,1-2H3. The first kappa shape index (κ1) is 22.2. The van der Waals surface area contributed by atoms with Crippen LogP contribution in [-0.4, -0.2) is 81.9 Å². The molecule has 0 unspecified atom stereocenters. The number of carbonyl (C=O) groups excluding carboxylic acids is 1. The van der Waals surface area contributed by atoms with Crippen LogP contribution in [0.5, 0.6) is 5.75 Å². The van der Waals surface area contributed by atoms with E-state index in [1.807, 2.05) is 0 Å². The summed E-state index contributed by atoms with van der Waals surface area (Å²) in [6, 6.07) is 12.4. The Morgan fingerprint density at radius 3 is 2.27 bits per heavy atom. The van der Waals surface area contributed by atoms with Gasteiger partial charge in [-0.3, -0.25) is 9.69 Å². The van der Waals surface area contributed by atoms with Crippen LogP contribution in [0.25, 0.3) is 0 Å². The van der Waals surface area contributed by atoms with Crippen molar-refractivity contribution in [2.24, 2.45) is 0 Å². The van der Waals surface area contributed by atoms with Crippen molar-refractivity contribution in [3.05, 3.63) is 59.9 Å². The molecular formula is C21H26FN3O4S. The van der Waals surface area contributed by atoms with Gasteiger partial charge in [0.05, 0.1) is 10.5 Å². The molecule has 0 N–H and O–H groups in total. The fraction of sp³-hybridized carbons (Fsp3) is 0.381. The number of piperazine rings is 1. The molecule has 0 aliphatic carbocycles. The van der Waals surface area contributed by atoms with Gasteiger partial charge in [-0.25, -0.2) is 17.1 Å². The predicted molar refractivity (Wildman–Crippen MR) is 112 cm³/mol. The minimum absolute atomic E-state index is 0.106. The molecular weight excluding hydrogens is 409 g/mol. The van der Waals surface area contributed by atoms with Gasteiger partial charge in [-0.15, -0.1) is 0 Å². The van der Waals surface area contributed by atoms with Crippen LogP contribution in [-0.2, 0) is 10.0 Å². The van der Waals surface area contributed by atoms with Crippen LogP contribution in [0.15, 0.2) is 53.4 Å². The number of sulfonamides is 1. The average Bonchev–Trinajstić information content (AvgIpc) is 2.74. The normalized spacial score (nSPS) is 15.4. The van der Waals surface area contributed by atoms with E-state index in [0.717, 1.165) is 0 Å². The van der Waals surface area contributed by atoms with E-state index >= 15 is 0 Å². The first-order valence-corrected chi connectivity index (χ1v) is 11.1. The van der Waals surface area contributed by atoms with Gasteiger partial charge in [0.1, 0.15) is 18.2 Å². The van der Waals surface area contributed by atoms with Crippen molar-refractivity contribution in [1.82, 2.24) is 14.1 Å². The zero-order chi connectivity index (χ0) is 21.7. The van der Waals surface area contributed by atoms with E-state index in [4.69, 9.17) is 4.74 Å². The third-order valence-corrected chi connectivity index (χ3v) is 6.87. The molecule has 0 aromatic heterocycles. The molecule has 9 heteroatoms. The number of amides is 1. The molecule has 7 nitrogen and oxygen atoms in total. The molecule has 2 aromatic rings. The number of carbonyl (C=O) groups is 1. The van der Waals surface area contributed by atoms with Gasteiger partial charge < -0.3 is 9.64 Å². The molecule has 0 bridgehead atoms. The Labute approximate surface area is 176 Å². The number of hydrogen-bond donors (Lipinski definition) is 0. The maximum Gasteiger partial charge on any atom is 0.256 e. The fourth-order valence-corrected chi connectivity index (χ4v) is 4.09. The SMILES string of the molecule is CN(C)S(=O)(=O)c1ccc(OCCN2CCN(C(=O)c3ccccc3F)CC2)cc1. The molecule has 0 radical (unpaired) electrons. The Hall–Kier alpha value is -2.49. The maximum atomic E-state index is 13.8. The molecule has 1 aliphatic rings. The molecule has 30 heavy (non-hydrogen) atoms. The second-order valence-corrected chi connectivity index (χ2v) is 9.37. The summed E-state index contributed by atoms with van der Waals surface area (Å²) in [5.41, 5.74) is 0.106. The van der Waals surface area contributed by atoms with Gasteiger partial charge >= 0.3 is 0 Å². The molecule has 2 aromatic carbocycles. The number of ether oxygens (including phenoxy) is 1. The summed E-state index contributed by atoms with van der Waals surface area (Å²) in [7, 11) is -0.474. The number of hydrogen-bond acceptors (Lipinski definition) is 5. The Morgan fingerprint density at radius 1 is 1.03 bits per heavy atom. The second kappa shape index (κ2) is 9.55. The fourth-order valence-electron chi connectivity index (χ4n) is 3.19. The third kappa shape index (κ3) is 5.16. The summed E-state index contributed by atoms with van der Waals surface area (Å²) >= 11 is 0. The van der Waals surface area contributed by atoms with Crippen molar-refractivity contribution in [2.75, 3.05) is 53.4 Å². The van der Waals surface area contributed by atoms with Gasteiger partial charge in [0.2, 0.25) is 10.0 Å². The first-order valence-electron chi connectivity index (χ1n) is 9.70. The van der Waals surface area contributed by atoms with E-state index in [1.54, 1.807) is 29.2 Å². The largest absolute Gasteiger partial charge is 0.492 e. The van der Waals surface area contributed by atoms with Crippen molar-refractivity contribution < 1.29 is 22.3 Å². The molecule has 162 valence electrons. The van der Waals surface area contributed by atoms with Crippen molar-refractivity contribution >= 4 is 15.9 Å². The third-order valence-electron chi connectivity index (χ3n) is 5.04. The zero-order valence-corrected chi connectivity index (χ0v) is 17.9. The van der Waals surface area contributed by atoms with Gasteiger partial charge in [0.15, 0.2) is 0 Å². The molecule has 1 heterocycles. The predicted octanol–water partition coefficient (Wildman–Crippen LogP) is 1.91. The molecule has 0 atom stereocenters. The Bertz CT molecular complexity index is 972. The summed E-state index contributed by atoms with van der Waals surface area (Å²) in [6.07, 6.45) is 0.